The Kier molecular flexibility index (Phi) is 3.36. The van der Waals surface area contributed by atoms with Crippen LogP contribution >= 0.6 is 0 Å². The van der Waals surface area contributed by atoms with Crippen LogP contribution in [-0.2, 0) is 11.3 Å². The van der Waals surface area contributed by atoms with E-state index in [4.69, 9.17) is 4.74 Å². The Morgan fingerprint density at radius 3 is 2.29 bits per heavy atom. The van der Waals surface area contributed by atoms with E-state index in [-0.39, 0.29) is 6.61 Å². The zero-order valence-corrected chi connectivity index (χ0v) is 13.0. The van der Waals surface area contributed by atoms with Crippen molar-refractivity contribution >= 4 is 11.6 Å². The summed E-state index contributed by atoms with van der Waals surface area (Å²) < 4.78 is 6.89. The van der Waals surface area contributed by atoms with E-state index >= 15 is 0 Å². The number of benzene rings is 2. The Morgan fingerprint density at radius 1 is 0.917 bits per heavy atom. The molecule has 1 aromatic heterocycles. The standard InChI is InChI=1S/C19H14N2O3/c1-24-11-15-16-17(21(20-15)12-7-3-2-4-8-12)13-9-5-6-10-14(13)18(22)19(16)23/h2-10H,11H2,1H3. The summed E-state index contributed by atoms with van der Waals surface area (Å²) in [7, 11) is 1.54. The zero-order valence-electron chi connectivity index (χ0n) is 13.0. The van der Waals surface area contributed by atoms with E-state index in [0.717, 1.165) is 11.3 Å². The van der Waals surface area contributed by atoms with Gasteiger partial charge in [-0.2, -0.15) is 5.10 Å². The molecule has 0 bridgehead atoms. The number of hydrogen-bond acceptors (Lipinski definition) is 4. The monoisotopic (exact) mass is 318 g/mol. The maximum atomic E-state index is 12.7. The van der Waals surface area contributed by atoms with Gasteiger partial charge in [-0.1, -0.05) is 42.5 Å². The molecule has 24 heavy (non-hydrogen) atoms. The Bertz CT molecular complexity index is 958. The number of carbonyl (C=O) groups is 2. The average Bonchev–Trinajstić information content (AvgIpc) is 3.00. The summed E-state index contributed by atoms with van der Waals surface area (Å²) >= 11 is 0. The molecule has 0 unspecified atom stereocenters. The van der Waals surface area contributed by atoms with Crippen LogP contribution in [0.15, 0.2) is 54.6 Å². The first kappa shape index (κ1) is 14.5. The molecule has 0 saturated heterocycles. The highest BCUT2D eigenvalue weighted by Crippen LogP contribution is 2.36. The number of hydrogen-bond donors (Lipinski definition) is 0. The molecule has 0 amide bonds. The van der Waals surface area contributed by atoms with Crippen molar-refractivity contribution in [1.82, 2.24) is 9.78 Å². The van der Waals surface area contributed by atoms with Gasteiger partial charge in [-0.25, -0.2) is 4.68 Å². The molecule has 118 valence electrons. The lowest BCUT2D eigenvalue weighted by atomic mass is 9.87. The summed E-state index contributed by atoms with van der Waals surface area (Å²) in [6.07, 6.45) is 0. The highest BCUT2D eigenvalue weighted by molar-refractivity contribution is 6.53. The number of ketones is 2. The van der Waals surface area contributed by atoms with Crippen molar-refractivity contribution in [3.8, 4) is 16.9 Å². The maximum absolute atomic E-state index is 12.7. The van der Waals surface area contributed by atoms with Crippen molar-refractivity contribution in [1.29, 1.82) is 0 Å². The molecule has 0 spiro atoms. The minimum Gasteiger partial charge on any atom is -0.378 e. The quantitative estimate of drug-likeness (QED) is 0.696. The summed E-state index contributed by atoms with van der Waals surface area (Å²) in [6, 6.07) is 16.7. The molecule has 5 heteroatoms. The van der Waals surface area contributed by atoms with Gasteiger partial charge < -0.3 is 4.74 Å². The van der Waals surface area contributed by atoms with Gasteiger partial charge >= 0.3 is 0 Å². The molecule has 0 N–H and O–H groups in total. The second-order valence-corrected chi connectivity index (χ2v) is 5.55. The van der Waals surface area contributed by atoms with Gasteiger partial charge in [0.15, 0.2) is 0 Å². The lowest BCUT2D eigenvalue weighted by molar-refractivity contribution is 0.0812. The maximum Gasteiger partial charge on any atom is 0.237 e. The third-order valence-corrected chi connectivity index (χ3v) is 4.10. The Labute approximate surface area is 138 Å². The van der Waals surface area contributed by atoms with E-state index in [1.807, 2.05) is 42.5 Å². The van der Waals surface area contributed by atoms with Crippen LogP contribution < -0.4 is 0 Å². The fraction of sp³-hybridized carbons (Fsp3) is 0.105. The Morgan fingerprint density at radius 2 is 1.58 bits per heavy atom. The average molecular weight is 318 g/mol. The van der Waals surface area contributed by atoms with Crippen molar-refractivity contribution in [3.63, 3.8) is 0 Å². The molecule has 0 atom stereocenters. The normalized spacial score (nSPS) is 12.9. The van der Waals surface area contributed by atoms with Gasteiger partial charge in [0.05, 0.1) is 23.6 Å². The van der Waals surface area contributed by atoms with Crippen LogP contribution in [0.1, 0.15) is 26.4 Å². The molecule has 0 aliphatic heterocycles. The molecule has 5 nitrogen and oxygen atoms in total. The van der Waals surface area contributed by atoms with Crippen molar-refractivity contribution < 1.29 is 14.3 Å². The third kappa shape index (κ3) is 2.02. The van der Waals surface area contributed by atoms with Crippen LogP contribution in [0.3, 0.4) is 0 Å². The highest BCUT2D eigenvalue weighted by Gasteiger charge is 2.36. The van der Waals surface area contributed by atoms with Crippen molar-refractivity contribution in [2.24, 2.45) is 0 Å². The van der Waals surface area contributed by atoms with Gasteiger partial charge in [-0.3, -0.25) is 9.59 Å². The van der Waals surface area contributed by atoms with E-state index in [0.29, 0.717) is 22.5 Å². The number of carbonyl (C=O) groups excluding carboxylic acids is 2. The predicted octanol–water partition coefficient (Wildman–Crippen LogP) is 3.06. The topological polar surface area (TPSA) is 61.2 Å². The van der Waals surface area contributed by atoms with Crippen molar-refractivity contribution in [3.05, 3.63) is 71.4 Å². The third-order valence-electron chi connectivity index (χ3n) is 4.10. The van der Waals surface area contributed by atoms with Gasteiger partial charge in [0, 0.05) is 18.2 Å². The first-order valence-electron chi connectivity index (χ1n) is 7.57. The van der Waals surface area contributed by atoms with Crippen LogP contribution in [0.5, 0.6) is 0 Å². The second kappa shape index (κ2) is 5.54. The number of Topliss-reactive ketones (excluding diaryl/α,β-unsaturated/α-hetero) is 2. The molecule has 1 aliphatic rings. The SMILES string of the molecule is COCc1nn(-c2ccccc2)c2c1C(=O)C(=O)c1ccccc1-2. The molecular formula is C19H14N2O3. The fourth-order valence-electron chi connectivity index (χ4n) is 3.07. The van der Waals surface area contributed by atoms with E-state index < -0.39 is 11.6 Å². The van der Waals surface area contributed by atoms with Gasteiger partial charge in [-0.05, 0) is 12.1 Å². The smallest absolute Gasteiger partial charge is 0.237 e. The summed E-state index contributed by atoms with van der Waals surface area (Å²) in [4.78, 5) is 25.1. The van der Waals surface area contributed by atoms with Crippen molar-refractivity contribution in [2.75, 3.05) is 7.11 Å². The fourth-order valence-corrected chi connectivity index (χ4v) is 3.07. The highest BCUT2D eigenvalue weighted by atomic mass is 16.5. The number of nitrogens with zero attached hydrogens (tertiary/aromatic N) is 2. The van der Waals surface area contributed by atoms with Crippen LogP contribution in [0.4, 0.5) is 0 Å². The number of aromatic nitrogens is 2. The van der Waals surface area contributed by atoms with Gasteiger partial charge in [-0.15, -0.1) is 0 Å². The van der Waals surface area contributed by atoms with Gasteiger partial charge in [0.25, 0.3) is 0 Å². The zero-order chi connectivity index (χ0) is 16.7. The van der Waals surface area contributed by atoms with E-state index in [1.165, 1.54) is 7.11 Å². The van der Waals surface area contributed by atoms with Crippen LogP contribution in [0.2, 0.25) is 0 Å². The molecule has 4 rings (SSSR count). The summed E-state index contributed by atoms with van der Waals surface area (Å²) in [6.45, 7) is 0.170. The van der Waals surface area contributed by atoms with E-state index in [1.54, 1.807) is 16.8 Å². The molecule has 3 aromatic rings. The number of fused-ring (bicyclic) bond motifs is 3. The van der Waals surface area contributed by atoms with Gasteiger partial charge in [0.1, 0.15) is 5.69 Å². The van der Waals surface area contributed by atoms with E-state index in [2.05, 4.69) is 5.10 Å². The number of ether oxygens (including phenoxy) is 1. The first-order valence-corrected chi connectivity index (χ1v) is 7.57. The molecular weight excluding hydrogens is 304 g/mol. The molecule has 1 aliphatic carbocycles. The minimum absolute atomic E-state index is 0.170. The minimum atomic E-state index is -0.530. The Hall–Kier alpha value is -3.05. The molecule has 1 heterocycles. The lowest BCUT2D eigenvalue weighted by Crippen LogP contribution is -2.22. The van der Waals surface area contributed by atoms with Crippen LogP contribution in [0, 0.1) is 0 Å². The second-order valence-electron chi connectivity index (χ2n) is 5.55. The van der Waals surface area contributed by atoms with Crippen LogP contribution in [-0.4, -0.2) is 28.5 Å². The molecule has 0 fully saturated rings. The lowest BCUT2D eigenvalue weighted by Gasteiger charge is -2.16. The Balaban J connectivity index is 2.07. The number of para-hydroxylation sites is 1. The molecule has 0 radical (unpaired) electrons. The van der Waals surface area contributed by atoms with Crippen molar-refractivity contribution in [2.45, 2.75) is 6.61 Å². The number of methoxy groups -OCH3 is 1. The number of rotatable bonds is 3. The summed E-state index contributed by atoms with van der Waals surface area (Å²) in [5, 5.41) is 4.55. The molecule has 0 saturated carbocycles. The largest absolute Gasteiger partial charge is 0.378 e. The first-order chi connectivity index (χ1) is 11.7. The van der Waals surface area contributed by atoms with Gasteiger partial charge in [0.2, 0.25) is 11.6 Å². The van der Waals surface area contributed by atoms with Crippen LogP contribution in [0.25, 0.3) is 16.9 Å². The summed E-state index contributed by atoms with van der Waals surface area (Å²) in [5.74, 6) is -1.03. The van der Waals surface area contributed by atoms with E-state index in [9.17, 15) is 9.59 Å². The summed E-state index contributed by atoms with van der Waals surface area (Å²) in [5.41, 5.74) is 3.42. The molecule has 2 aromatic carbocycles. The predicted molar refractivity (Wildman–Crippen MR) is 88.4 cm³/mol.